The predicted octanol–water partition coefficient (Wildman–Crippen LogP) is 3.89. The molecule has 0 bridgehead atoms. The highest BCUT2D eigenvalue weighted by Gasteiger charge is 2.13. The van der Waals surface area contributed by atoms with Crippen LogP contribution in [0.5, 0.6) is 17.2 Å². The van der Waals surface area contributed by atoms with E-state index in [4.69, 9.17) is 14.2 Å². The van der Waals surface area contributed by atoms with E-state index in [1.165, 1.54) is 11.3 Å². The zero-order chi connectivity index (χ0) is 18.5. The molecule has 0 atom stereocenters. The molecule has 0 aliphatic carbocycles. The largest absolute Gasteiger partial charge is 0.497 e. The number of thiazole rings is 1. The highest BCUT2D eigenvalue weighted by molar-refractivity contribution is 7.22. The summed E-state index contributed by atoms with van der Waals surface area (Å²) >= 11 is 1.41. The summed E-state index contributed by atoms with van der Waals surface area (Å²) in [5.41, 5.74) is 1.58. The fourth-order valence-electron chi connectivity index (χ4n) is 2.57. The lowest BCUT2D eigenvalue weighted by molar-refractivity contribution is -0.115. The van der Waals surface area contributed by atoms with E-state index in [1.807, 2.05) is 25.1 Å². The second-order valence-corrected chi connectivity index (χ2v) is 6.51. The quantitative estimate of drug-likeness (QED) is 0.681. The van der Waals surface area contributed by atoms with E-state index >= 15 is 0 Å². The van der Waals surface area contributed by atoms with E-state index in [0.717, 1.165) is 21.5 Å². The van der Waals surface area contributed by atoms with Crippen molar-refractivity contribution in [2.45, 2.75) is 13.3 Å². The van der Waals surface area contributed by atoms with Crippen LogP contribution in [-0.4, -0.2) is 31.7 Å². The highest BCUT2D eigenvalue weighted by atomic mass is 32.1. The molecule has 3 aromatic rings. The van der Waals surface area contributed by atoms with E-state index in [9.17, 15) is 4.79 Å². The van der Waals surface area contributed by atoms with Gasteiger partial charge in [0.15, 0.2) is 5.13 Å². The lowest BCUT2D eigenvalue weighted by Crippen LogP contribution is -2.14. The Labute approximate surface area is 155 Å². The Morgan fingerprint density at radius 1 is 1.12 bits per heavy atom. The minimum Gasteiger partial charge on any atom is -0.497 e. The van der Waals surface area contributed by atoms with Crippen LogP contribution >= 0.6 is 11.3 Å². The van der Waals surface area contributed by atoms with Gasteiger partial charge in [0.2, 0.25) is 5.91 Å². The molecule has 0 radical (unpaired) electrons. The molecule has 3 rings (SSSR count). The fraction of sp³-hybridized carbons (Fsp3) is 0.263. The van der Waals surface area contributed by atoms with Gasteiger partial charge in [0.25, 0.3) is 0 Å². The fourth-order valence-corrected chi connectivity index (χ4v) is 3.48. The molecule has 0 unspecified atom stereocenters. The first kappa shape index (κ1) is 18.0. The van der Waals surface area contributed by atoms with Crippen molar-refractivity contribution >= 4 is 32.6 Å². The van der Waals surface area contributed by atoms with Crippen molar-refractivity contribution in [1.29, 1.82) is 0 Å². The molecule has 0 saturated heterocycles. The van der Waals surface area contributed by atoms with Crippen molar-refractivity contribution in [3.63, 3.8) is 0 Å². The number of hydrogen-bond donors (Lipinski definition) is 1. The minimum absolute atomic E-state index is 0.166. The van der Waals surface area contributed by atoms with Crippen molar-refractivity contribution < 1.29 is 19.0 Å². The SMILES string of the molecule is CCOc1ccc2nc(NC(=O)Cc3cc(OC)ccc3OC)sc2c1. The van der Waals surface area contributed by atoms with Crippen LogP contribution in [0.4, 0.5) is 5.13 Å². The lowest BCUT2D eigenvalue weighted by atomic mass is 10.1. The number of nitrogens with one attached hydrogen (secondary N) is 1. The molecule has 0 fully saturated rings. The van der Waals surface area contributed by atoms with Gasteiger partial charge in [-0.2, -0.15) is 0 Å². The van der Waals surface area contributed by atoms with Crippen LogP contribution in [-0.2, 0) is 11.2 Å². The summed E-state index contributed by atoms with van der Waals surface area (Å²) in [7, 11) is 3.16. The topological polar surface area (TPSA) is 69.7 Å². The molecule has 6 nitrogen and oxygen atoms in total. The van der Waals surface area contributed by atoms with Crippen LogP contribution < -0.4 is 19.5 Å². The molecule has 1 N–H and O–H groups in total. The molecule has 136 valence electrons. The summed E-state index contributed by atoms with van der Waals surface area (Å²) in [5, 5.41) is 3.41. The zero-order valence-electron chi connectivity index (χ0n) is 14.9. The number of carbonyl (C=O) groups excluding carboxylic acids is 1. The van der Waals surface area contributed by atoms with Gasteiger partial charge in [-0.1, -0.05) is 11.3 Å². The molecule has 1 heterocycles. The average Bonchev–Trinajstić information content (AvgIpc) is 3.03. The Kier molecular flexibility index (Phi) is 5.58. The van der Waals surface area contributed by atoms with Gasteiger partial charge in [0, 0.05) is 5.56 Å². The molecule has 1 amide bonds. The Morgan fingerprint density at radius 3 is 2.65 bits per heavy atom. The van der Waals surface area contributed by atoms with Crippen molar-refractivity contribution in [3.8, 4) is 17.2 Å². The van der Waals surface area contributed by atoms with Crippen LogP contribution in [0.1, 0.15) is 12.5 Å². The van der Waals surface area contributed by atoms with Crippen molar-refractivity contribution in [2.75, 3.05) is 26.1 Å². The van der Waals surface area contributed by atoms with Gasteiger partial charge in [0.05, 0.1) is 37.5 Å². The number of hydrogen-bond acceptors (Lipinski definition) is 6. The van der Waals surface area contributed by atoms with Crippen molar-refractivity contribution in [3.05, 3.63) is 42.0 Å². The number of aromatic nitrogens is 1. The molecule has 0 aliphatic heterocycles. The lowest BCUT2D eigenvalue weighted by Gasteiger charge is -2.10. The summed E-state index contributed by atoms with van der Waals surface area (Å²) in [6.45, 7) is 2.55. The van der Waals surface area contributed by atoms with E-state index in [0.29, 0.717) is 23.2 Å². The standard InChI is InChI=1S/C19H20N2O4S/c1-4-25-14-5-7-15-17(11-14)26-19(20-15)21-18(22)10-12-9-13(23-2)6-8-16(12)24-3/h5-9,11H,4,10H2,1-3H3,(H,20,21,22). The van der Waals surface area contributed by atoms with Gasteiger partial charge in [0.1, 0.15) is 17.2 Å². The van der Waals surface area contributed by atoms with E-state index in [1.54, 1.807) is 32.4 Å². The first-order valence-corrected chi connectivity index (χ1v) is 8.98. The van der Waals surface area contributed by atoms with Crippen molar-refractivity contribution in [2.24, 2.45) is 0 Å². The predicted molar refractivity (Wildman–Crippen MR) is 103 cm³/mol. The average molecular weight is 372 g/mol. The number of benzene rings is 2. The van der Waals surface area contributed by atoms with Crippen molar-refractivity contribution in [1.82, 2.24) is 4.98 Å². The third-order valence-electron chi connectivity index (χ3n) is 3.76. The van der Waals surface area contributed by atoms with Gasteiger partial charge >= 0.3 is 0 Å². The maximum Gasteiger partial charge on any atom is 0.230 e. The van der Waals surface area contributed by atoms with Crippen LogP contribution in [0.3, 0.4) is 0 Å². The van der Waals surface area contributed by atoms with Gasteiger partial charge in [-0.15, -0.1) is 0 Å². The number of anilines is 1. The van der Waals surface area contributed by atoms with Crippen LogP contribution in [0, 0.1) is 0 Å². The zero-order valence-corrected chi connectivity index (χ0v) is 15.7. The Morgan fingerprint density at radius 2 is 1.92 bits per heavy atom. The number of carbonyl (C=O) groups is 1. The molecule has 7 heteroatoms. The number of rotatable bonds is 7. The normalized spacial score (nSPS) is 10.6. The summed E-state index contributed by atoms with van der Waals surface area (Å²) in [6.07, 6.45) is 0.167. The molecule has 2 aromatic carbocycles. The van der Waals surface area contributed by atoms with Gasteiger partial charge in [-0.05, 0) is 43.3 Å². The molecule has 1 aromatic heterocycles. The molecule has 0 spiro atoms. The van der Waals surface area contributed by atoms with Crippen LogP contribution in [0.15, 0.2) is 36.4 Å². The Hall–Kier alpha value is -2.80. The summed E-state index contributed by atoms with van der Waals surface area (Å²) in [5.74, 6) is 1.95. The van der Waals surface area contributed by atoms with E-state index in [-0.39, 0.29) is 12.3 Å². The van der Waals surface area contributed by atoms with Gasteiger partial charge in [-0.25, -0.2) is 4.98 Å². The Balaban J connectivity index is 1.75. The van der Waals surface area contributed by atoms with Gasteiger partial charge < -0.3 is 19.5 Å². The number of fused-ring (bicyclic) bond motifs is 1. The Bertz CT molecular complexity index is 923. The highest BCUT2D eigenvalue weighted by Crippen LogP contribution is 2.30. The first-order chi connectivity index (χ1) is 12.6. The number of nitrogens with zero attached hydrogens (tertiary/aromatic N) is 1. The molecule has 26 heavy (non-hydrogen) atoms. The third-order valence-corrected chi connectivity index (χ3v) is 4.69. The summed E-state index contributed by atoms with van der Waals surface area (Å²) in [6, 6.07) is 11.1. The number of amides is 1. The maximum atomic E-state index is 12.4. The molecule has 0 aliphatic rings. The smallest absolute Gasteiger partial charge is 0.230 e. The van der Waals surface area contributed by atoms with Crippen LogP contribution in [0.25, 0.3) is 10.2 Å². The monoisotopic (exact) mass is 372 g/mol. The minimum atomic E-state index is -0.166. The molecule has 0 saturated carbocycles. The summed E-state index contributed by atoms with van der Waals surface area (Å²) < 4.78 is 17.0. The summed E-state index contributed by atoms with van der Waals surface area (Å²) in [4.78, 5) is 16.9. The third kappa shape index (κ3) is 4.05. The second kappa shape index (κ2) is 8.05. The maximum absolute atomic E-state index is 12.4. The van der Waals surface area contributed by atoms with E-state index in [2.05, 4.69) is 10.3 Å². The van der Waals surface area contributed by atoms with Gasteiger partial charge in [-0.3, -0.25) is 4.79 Å². The number of methoxy groups -OCH3 is 2. The first-order valence-electron chi connectivity index (χ1n) is 8.17. The molecular weight excluding hydrogens is 352 g/mol. The number of ether oxygens (including phenoxy) is 3. The van der Waals surface area contributed by atoms with E-state index < -0.39 is 0 Å². The van der Waals surface area contributed by atoms with Crippen LogP contribution in [0.2, 0.25) is 0 Å². The molecular formula is C19H20N2O4S. The second-order valence-electron chi connectivity index (χ2n) is 5.48.